The fourth-order valence-electron chi connectivity index (χ4n) is 2.19. The van der Waals surface area contributed by atoms with Crippen molar-refractivity contribution in [3.63, 3.8) is 0 Å². The number of nitrogens with two attached hydrogens (primary N) is 1. The zero-order valence-corrected chi connectivity index (χ0v) is 12.9. The van der Waals surface area contributed by atoms with Gasteiger partial charge in [0, 0.05) is 25.4 Å². The molecular formula is C15H18N6O2. The van der Waals surface area contributed by atoms with Crippen LogP contribution in [-0.2, 0) is 7.05 Å². The molecule has 0 amide bonds. The Bertz CT molecular complexity index is 815. The van der Waals surface area contributed by atoms with E-state index in [-0.39, 0.29) is 12.6 Å². The average molecular weight is 314 g/mol. The molecule has 23 heavy (non-hydrogen) atoms. The summed E-state index contributed by atoms with van der Waals surface area (Å²) in [6.45, 7) is 1.86. The maximum Gasteiger partial charge on any atom is 0.163 e. The van der Waals surface area contributed by atoms with Gasteiger partial charge in [0.2, 0.25) is 0 Å². The number of fused-ring (bicyclic) bond motifs is 1. The highest BCUT2D eigenvalue weighted by Crippen LogP contribution is 2.33. The molecule has 8 heteroatoms. The molecule has 3 rings (SSSR count). The van der Waals surface area contributed by atoms with Crippen molar-refractivity contribution in [3.05, 3.63) is 30.6 Å². The molecule has 120 valence electrons. The quantitative estimate of drug-likeness (QED) is 0.655. The van der Waals surface area contributed by atoms with Crippen molar-refractivity contribution < 1.29 is 9.84 Å². The molecule has 0 bridgehead atoms. The highest BCUT2D eigenvalue weighted by molar-refractivity contribution is 5.93. The first-order chi connectivity index (χ1) is 11.1. The van der Waals surface area contributed by atoms with Crippen LogP contribution in [0.3, 0.4) is 0 Å². The molecule has 1 atom stereocenters. The Kier molecular flexibility index (Phi) is 3.98. The van der Waals surface area contributed by atoms with Crippen LogP contribution in [0.25, 0.3) is 11.0 Å². The Morgan fingerprint density at radius 2 is 2.17 bits per heavy atom. The molecule has 8 nitrogen and oxygen atoms in total. The van der Waals surface area contributed by atoms with Crippen molar-refractivity contribution in [1.82, 2.24) is 19.7 Å². The van der Waals surface area contributed by atoms with Crippen molar-refractivity contribution in [2.45, 2.75) is 13.0 Å². The number of anilines is 2. The Morgan fingerprint density at radius 1 is 1.35 bits per heavy atom. The molecule has 0 spiro atoms. The summed E-state index contributed by atoms with van der Waals surface area (Å²) >= 11 is 0. The lowest BCUT2D eigenvalue weighted by Gasteiger charge is -2.11. The van der Waals surface area contributed by atoms with Crippen LogP contribution in [0.5, 0.6) is 11.5 Å². The third-order valence-corrected chi connectivity index (χ3v) is 3.33. The van der Waals surface area contributed by atoms with E-state index in [1.54, 1.807) is 42.3 Å². The predicted octanol–water partition coefficient (Wildman–Crippen LogP) is 1.53. The van der Waals surface area contributed by atoms with Crippen LogP contribution in [0.2, 0.25) is 0 Å². The molecule has 0 radical (unpaired) electrons. The van der Waals surface area contributed by atoms with Gasteiger partial charge in [-0.25, -0.2) is 14.6 Å². The first-order valence-electron chi connectivity index (χ1n) is 7.17. The monoisotopic (exact) mass is 314 g/mol. The summed E-state index contributed by atoms with van der Waals surface area (Å²) in [6, 6.07) is 5.03. The first-order valence-corrected chi connectivity index (χ1v) is 7.17. The molecule has 0 fully saturated rings. The molecule has 3 aromatic rings. The van der Waals surface area contributed by atoms with Gasteiger partial charge in [-0.15, -0.1) is 0 Å². The number of pyridine rings is 2. The normalized spacial score (nSPS) is 12.3. The molecule has 0 aliphatic heterocycles. The number of aryl methyl sites for hydroxylation is 1. The summed E-state index contributed by atoms with van der Waals surface area (Å²) in [5.41, 5.74) is 6.26. The highest BCUT2D eigenvalue weighted by Gasteiger charge is 2.17. The van der Waals surface area contributed by atoms with E-state index in [0.29, 0.717) is 28.8 Å². The largest absolute Gasteiger partial charge is 0.455 e. The van der Waals surface area contributed by atoms with E-state index in [9.17, 15) is 5.11 Å². The Morgan fingerprint density at radius 3 is 2.87 bits per heavy atom. The van der Waals surface area contributed by atoms with E-state index in [2.05, 4.69) is 20.4 Å². The highest BCUT2D eigenvalue weighted by atomic mass is 16.5. The van der Waals surface area contributed by atoms with E-state index in [1.807, 2.05) is 6.92 Å². The Balaban J connectivity index is 2.03. The SMILES string of the molecule is C[C@H](CO)Nc1nn(C)c2nccc(Oc3ccc(N)nc3)c12. The van der Waals surface area contributed by atoms with Gasteiger partial charge in [-0.2, -0.15) is 5.10 Å². The number of nitrogens with one attached hydrogen (secondary N) is 1. The zero-order chi connectivity index (χ0) is 16.4. The van der Waals surface area contributed by atoms with Crippen LogP contribution >= 0.6 is 0 Å². The van der Waals surface area contributed by atoms with E-state index < -0.39 is 0 Å². The minimum atomic E-state index is -0.139. The number of ether oxygens (including phenoxy) is 1. The minimum absolute atomic E-state index is 0.00357. The lowest BCUT2D eigenvalue weighted by Crippen LogP contribution is -2.19. The average Bonchev–Trinajstić information content (AvgIpc) is 2.86. The summed E-state index contributed by atoms with van der Waals surface area (Å²) < 4.78 is 7.56. The van der Waals surface area contributed by atoms with Gasteiger partial charge in [-0.05, 0) is 19.1 Å². The molecule has 0 aliphatic carbocycles. The van der Waals surface area contributed by atoms with Gasteiger partial charge in [-0.3, -0.25) is 0 Å². The molecule has 0 aliphatic rings. The predicted molar refractivity (Wildman–Crippen MR) is 87.4 cm³/mol. The molecule has 0 saturated carbocycles. The minimum Gasteiger partial charge on any atom is -0.455 e. The number of nitrogen functional groups attached to an aromatic ring is 1. The number of rotatable bonds is 5. The second kappa shape index (κ2) is 6.09. The maximum absolute atomic E-state index is 9.24. The third-order valence-electron chi connectivity index (χ3n) is 3.33. The molecule has 0 saturated heterocycles. The topological polar surface area (TPSA) is 111 Å². The van der Waals surface area contributed by atoms with Gasteiger partial charge in [0.15, 0.2) is 11.5 Å². The molecular weight excluding hydrogens is 296 g/mol. The van der Waals surface area contributed by atoms with E-state index >= 15 is 0 Å². The van der Waals surface area contributed by atoms with Gasteiger partial charge in [0.1, 0.15) is 22.7 Å². The lowest BCUT2D eigenvalue weighted by molar-refractivity contribution is 0.281. The van der Waals surface area contributed by atoms with Crippen LogP contribution in [0.1, 0.15) is 6.92 Å². The van der Waals surface area contributed by atoms with Crippen LogP contribution in [0.15, 0.2) is 30.6 Å². The van der Waals surface area contributed by atoms with Gasteiger partial charge < -0.3 is 20.9 Å². The van der Waals surface area contributed by atoms with E-state index in [1.165, 1.54) is 0 Å². The summed E-state index contributed by atoms with van der Waals surface area (Å²) in [4.78, 5) is 8.35. The number of aliphatic hydroxyl groups is 1. The van der Waals surface area contributed by atoms with E-state index in [0.717, 1.165) is 5.39 Å². The fraction of sp³-hybridized carbons (Fsp3) is 0.267. The molecule has 3 aromatic heterocycles. The first kappa shape index (κ1) is 15.0. The summed E-state index contributed by atoms with van der Waals surface area (Å²) in [6.07, 6.45) is 3.21. The van der Waals surface area contributed by atoms with Crippen molar-refractivity contribution in [2.75, 3.05) is 17.7 Å². The number of hydrogen-bond acceptors (Lipinski definition) is 7. The van der Waals surface area contributed by atoms with Gasteiger partial charge in [0.25, 0.3) is 0 Å². The smallest absolute Gasteiger partial charge is 0.163 e. The standard InChI is InChI=1S/C15H18N6O2/c1-9(8-22)19-14-13-11(5-6-17-15(13)21(2)20-14)23-10-3-4-12(16)18-7-10/h3-7,9,22H,8H2,1-2H3,(H2,16,18)(H,19,20)/t9-/m1/s1. The fourth-order valence-corrected chi connectivity index (χ4v) is 2.19. The number of aromatic nitrogens is 4. The molecule has 3 heterocycles. The van der Waals surface area contributed by atoms with Crippen molar-refractivity contribution in [2.24, 2.45) is 7.05 Å². The van der Waals surface area contributed by atoms with Crippen LogP contribution < -0.4 is 15.8 Å². The van der Waals surface area contributed by atoms with Crippen LogP contribution in [-0.4, -0.2) is 37.5 Å². The second-order valence-electron chi connectivity index (χ2n) is 5.23. The van der Waals surface area contributed by atoms with Crippen molar-refractivity contribution in [1.29, 1.82) is 0 Å². The maximum atomic E-state index is 9.24. The Labute approximate surface area is 132 Å². The summed E-state index contributed by atoms with van der Waals surface area (Å²) in [5, 5.41) is 17.5. The number of aliphatic hydroxyl groups excluding tert-OH is 1. The summed E-state index contributed by atoms with van der Waals surface area (Å²) in [5.74, 6) is 2.20. The number of hydrogen-bond donors (Lipinski definition) is 3. The van der Waals surface area contributed by atoms with Gasteiger partial charge >= 0.3 is 0 Å². The van der Waals surface area contributed by atoms with Crippen LogP contribution in [0, 0.1) is 0 Å². The van der Waals surface area contributed by atoms with Crippen molar-refractivity contribution >= 4 is 22.7 Å². The second-order valence-corrected chi connectivity index (χ2v) is 5.23. The molecule has 0 unspecified atom stereocenters. The zero-order valence-electron chi connectivity index (χ0n) is 12.9. The lowest BCUT2D eigenvalue weighted by atomic mass is 10.2. The van der Waals surface area contributed by atoms with Gasteiger partial charge in [0.05, 0.1) is 12.8 Å². The molecule has 4 N–H and O–H groups in total. The van der Waals surface area contributed by atoms with Crippen molar-refractivity contribution in [3.8, 4) is 11.5 Å². The Hall–Kier alpha value is -2.87. The number of nitrogens with zero attached hydrogens (tertiary/aromatic N) is 4. The van der Waals surface area contributed by atoms with Crippen LogP contribution in [0.4, 0.5) is 11.6 Å². The van der Waals surface area contributed by atoms with Gasteiger partial charge in [-0.1, -0.05) is 0 Å². The van der Waals surface area contributed by atoms with E-state index in [4.69, 9.17) is 10.5 Å². The third kappa shape index (κ3) is 3.02. The molecule has 0 aromatic carbocycles. The summed E-state index contributed by atoms with van der Waals surface area (Å²) in [7, 11) is 1.80.